The number of para-hydroxylation sites is 1. The van der Waals surface area contributed by atoms with Crippen molar-refractivity contribution in [3.05, 3.63) is 42.3 Å². The maximum atomic E-state index is 12.2. The predicted molar refractivity (Wildman–Crippen MR) is 71.8 cm³/mol. The van der Waals surface area contributed by atoms with Gasteiger partial charge >= 0.3 is 12.1 Å². The Bertz CT molecular complexity index is 609. The average Bonchev–Trinajstić information content (AvgIpc) is 2.74. The monoisotopic (exact) mass is 272 g/mol. The van der Waals surface area contributed by atoms with Crippen molar-refractivity contribution in [3.8, 4) is 0 Å². The van der Waals surface area contributed by atoms with Crippen molar-refractivity contribution in [1.29, 1.82) is 0 Å². The Kier molecular flexibility index (Phi) is 3.08. The minimum atomic E-state index is -0.472. The molecule has 2 N–H and O–H groups in total. The molecule has 20 heavy (non-hydrogen) atoms. The normalized spacial score (nSPS) is 17.2. The number of fused-ring (bicyclic) bond motifs is 1. The molecule has 0 radical (unpaired) electrons. The molecule has 3 amide bonds. The highest BCUT2D eigenvalue weighted by molar-refractivity contribution is 6.07. The second kappa shape index (κ2) is 5.04. The lowest BCUT2D eigenvalue weighted by Gasteiger charge is -2.17. The van der Waals surface area contributed by atoms with Gasteiger partial charge in [-0.1, -0.05) is 18.2 Å². The molecule has 2 heterocycles. The van der Waals surface area contributed by atoms with Crippen LogP contribution in [0.15, 0.2) is 47.3 Å². The maximum Gasteiger partial charge on any atom is 0.345 e. The number of anilines is 1. The van der Waals surface area contributed by atoms with Gasteiger partial charge < -0.3 is 15.4 Å². The fourth-order valence-electron chi connectivity index (χ4n) is 1.94. The van der Waals surface area contributed by atoms with Crippen molar-refractivity contribution in [1.82, 2.24) is 10.2 Å². The number of hydrogen-bond acceptors (Lipinski definition) is 4. The number of carbonyl (C=O) groups is 2. The van der Waals surface area contributed by atoms with Crippen molar-refractivity contribution in [2.24, 2.45) is 4.99 Å². The molecule has 2 aliphatic rings. The van der Waals surface area contributed by atoms with Crippen LogP contribution in [0.3, 0.4) is 0 Å². The smallest absolute Gasteiger partial charge is 0.345 e. The van der Waals surface area contributed by atoms with Gasteiger partial charge in [-0.05, 0) is 12.1 Å². The van der Waals surface area contributed by atoms with Crippen LogP contribution in [-0.2, 0) is 9.53 Å². The number of amides is 3. The summed E-state index contributed by atoms with van der Waals surface area (Å²) in [5.41, 5.74) is 1.01. The molecule has 0 aliphatic carbocycles. The zero-order valence-corrected chi connectivity index (χ0v) is 10.5. The van der Waals surface area contributed by atoms with Crippen LogP contribution in [0.4, 0.5) is 10.5 Å². The lowest BCUT2D eigenvalue weighted by Crippen LogP contribution is -2.34. The summed E-state index contributed by atoms with van der Waals surface area (Å²) >= 11 is 0. The van der Waals surface area contributed by atoms with Gasteiger partial charge in [-0.3, -0.25) is 9.69 Å². The Morgan fingerprint density at radius 3 is 2.95 bits per heavy atom. The van der Waals surface area contributed by atoms with E-state index in [0.717, 1.165) is 0 Å². The Labute approximate surface area is 114 Å². The molecule has 7 heteroatoms. The van der Waals surface area contributed by atoms with Gasteiger partial charge in [0, 0.05) is 18.8 Å². The predicted octanol–water partition coefficient (Wildman–Crippen LogP) is 0.878. The van der Waals surface area contributed by atoms with Crippen LogP contribution in [0.1, 0.15) is 0 Å². The van der Waals surface area contributed by atoms with Crippen molar-refractivity contribution >= 4 is 23.6 Å². The standard InChI is InChI=1S/C13H12N4O3/c18-11(15-9-4-2-1-3-5-9)10-8-20-13-16-12(19)14-6-7-17(10)13/h1-5,8H,6-7H2,(H,14,19)(H,15,18). The fraction of sp³-hybridized carbons (Fsp3) is 0.154. The molecular weight excluding hydrogens is 260 g/mol. The van der Waals surface area contributed by atoms with Gasteiger partial charge in [-0.2, -0.15) is 0 Å². The molecule has 3 rings (SSSR count). The van der Waals surface area contributed by atoms with E-state index in [1.807, 2.05) is 18.2 Å². The zero-order chi connectivity index (χ0) is 13.9. The molecule has 0 saturated heterocycles. The van der Waals surface area contributed by atoms with Crippen molar-refractivity contribution in [2.45, 2.75) is 0 Å². The summed E-state index contributed by atoms with van der Waals surface area (Å²) in [5, 5.41) is 5.33. The third-order valence-electron chi connectivity index (χ3n) is 2.87. The van der Waals surface area contributed by atoms with E-state index >= 15 is 0 Å². The number of amidine groups is 1. The molecule has 0 aromatic heterocycles. The maximum absolute atomic E-state index is 12.2. The van der Waals surface area contributed by atoms with E-state index in [9.17, 15) is 9.59 Å². The summed E-state index contributed by atoms with van der Waals surface area (Å²) in [6.07, 6.45) is 1.30. The molecule has 2 aliphatic heterocycles. The second-order valence-electron chi connectivity index (χ2n) is 4.22. The van der Waals surface area contributed by atoms with Gasteiger partial charge in [0.05, 0.1) is 0 Å². The molecule has 0 atom stereocenters. The Morgan fingerprint density at radius 2 is 2.15 bits per heavy atom. The van der Waals surface area contributed by atoms with Gasteiger partial charge in [-0.15, -0.1) is 4.99 Å². The number of benzene rings is 1. The molecule has 0 unspecified atom stereocenters. The molecule has 0 fully saturated rings. The first-order valence-corrected chi connectivity index (χ1v) is 6.11. The lowest BCUT2D eigenvalue weighted by atomic mass is 10.3. The van der Waals surface area contributed by atoms with Crippen LogP contribution >= 0.6 is 0 Å². The third kappa shape index (κ3) is 2.33. The molecule has 0 bridgehead atoms. The molecule has 0 spiro atoms. The van der Waals surface area contributed by atoms with Crippen LogP contribution in [0, 0.1) is 0 Å². The van der Waals surface area contributed by atoms with E-state index < -0.39 is 6.03 Å². The Hall–Kier alpha value is -2.83. The summed E-state index contributed by atoms with van der Waals surface area (Å²) < 4.78 is 5.17. The SMILES string of the molecule is O=C1N=C2OC=C(C(=O)Nc3ccccc3)N2CCN1. The van der Waals surface area contributed by atoms with E-state index in [0.29, 0.717) is 24.5 Å². The number of hydrogen-bond donors (Lipinski definition) is 2. The van der Waals surface area contributed by atoms with Gasteiger partial charge in [0.25, 0.3) is 5.91 Å². The first-order chi connectivity index (χ1) is 9.74. The first kappa shape index (κ1) is 12.2. The average molecular weight is 272 g/mol. The van der Waals surface area contributed by atoms with Crippen molar-refractivity contribution < 1.29 is 14.3 Å². The van der Waals surface area contributed by atoms with E-state index in [1.54, 1.807) is 17.0 Å². The van der Waals surface area contributed by atoms with Gasteiger partial charge in [-0.25, -0.2) is 4.79 Å². The molecule has 1 aromatic carbocycles. The van der Waals surface area contributed by atoms with Gasteiger partial charge in [0.2, 0.25) is 0 Å². The highest BCUT2D eigenvalue weighted by Gasteiger charge is 2.31. The number of aliphatic imine (C=N–C) groups is 1. The number of carbonyl (C=O) groups excluding carboxylic acids is 2. The van der Waals surface area contributed by atoms with Crippen molar-refractivity contribution in [2.75, 3.05) is 18.4 Å². The van der Waals surface area contributed by atoms with Crippen LogP contribution in [0.2, 0.25) is 0 Å². The lowest BCUT2D eigenvalue weighted by molar-refractivity contribution is -0.113. The second-order valence-corrected chi connectivity index (χ2v) is 4.22. The minimum Gasteiger partial charge on any atom is -0.431 e. The highest BCUT2D eigenvalue weighted by atomic mass is 16.5. The van der Waals surface area contributed by atoms with Crippen LogP contribution in [0.5, 0.6) is 0 Å². The summed E-state index contributed by atoms with van der Waals surface area (Å²) in [6, 6.07) is 8.75. The number of rotatable bonds is 2. The summed E-state index contributed by atoms with van der Waals surface area (Å²) in [5.74, 6) is -0.309. The first-order valence-electron chi connectivity index (χ1n) is 6.11. The fourth-order valence-corrected chi connectivity index (χ4v) is 1.94. The van der Waals surface area contributed by atoms with E-state index in [1.165, 1.54) is 6.26 Å². The topological polar surface area (TPSA) is 83.0 Å². The number of nitrogens with zero attached hydrogens (tertiary/aromatic N) is 2. The van der Waals surface area contributed by atoms with E-state index in [-0.39, 0.29) is 11.9 Å². The van der Waals surface area contributed by atoms with Gasteiger partial charge in [0.15, 0.2) is 0 Å². The molecule has 102 valence electrons. The summed E-state index contributed by atoms with van der Waals surface area (Å²) in [6.45, 7) is 0.823. The third-order valence-corrected chi connectivity index (χ3v) is 2.87. The highest BCUT2D eigenvalue weighted by Crippen LogP contribution is 2.18. The molecule has 7 nitrogen and oxygen atoms in total. The largest absolute Gasteiger partial charge is 0.431 e. The van der Waals surface area contributed by atoms with Crippen LogP contribution in [0.25, 0.3) is 0 Å². The Morgan fingerprint density at radius 1 is 1.35 bits per heavy atom. The van der Waals surface area contributed by atoms with Crippen molar-refractivity contribution in [3.63, 3.8) is 0 Å². The molecule has 0 saturated carbocycles. The Balaban J connectivity index is 1.76. The zero-order valence-electron chi connectivity index (χ0n) is 10.5. The van der Waals surface area contributed by atoms with Crippen LogP contribution < -0.4 is 10.6 Å². The quantitative estimate of drug-likeness (QED) is 0.837. The van der Waals surface area contributed by atoms with Gasteiger partial charge in [0.1, 0.15) is 12.0 Å². The number of ether oxygens (including phenoxy) is 1. The number of urea groups is 1. The van der Waals surface area contributed by atoms with E-state index in [2.05, 4.69) is 15.6 Å². The van der Waals surface area contributed by atoms with Crippen LogP contribution in [-0.4, -0.2) is 35.9 Å². The van der Waals surface area contributed by atoms with E-state index in [4.69, 9.17) is 4.74 Å². The number of nitrogens with one attached hydrogen (secondary N) is 2. The minimum absolute atomic E-state index is 0.123. The summed E-state index contributed by atoms with van der Waals surface area (Å²) in [4.78, 5) is 28.7. The molecular formula is C13H12N4O3. The molecule has 1 aromatic rings. The summed E-state index contributed by atoms with van der Waals surface area (Å²) in [7, 11) is 0.